The van der Waals surface area contributed by atoms with E-state index < -0.39 is 0 Å². The number of amides is 1. The number of ether oxygens (including phenoxy) is 1. The number of aromatic amines is 1. The number of hydrogen-bond acceptors (Lipinski definition) is 3. The van der Waals surface area contributed by atoms with Crippen LogP contribution in [0, 0.1) is 5.92 Å². The fourth-order valence-electron chi connectivity index (χ4n) is 3.29. The molecule has 0 aliphatic heterocycles. The van der Waals surface area contributed by atoms with Gasteiger partial charge in [-0.25, -0.2) is 4.79 Å². The first-order valence-corrected chi connectivity index (χ1v) is 7.78. The first-order valence-electron chi connectivity index (χ1n) is 7.78. The predicted octanol–water partition coefficient (Wildman–Crippen LogP) is 2.70. The maximum absolute atomic E-state index is 11.7. The number of aryl methyl sites for hydroxylation is 1. The normalized spacial score (nSPS) is 18.8. The molecule has 0 spiro atoms. The minimum atomic E-state index is -0.315. The number of carbonyl (C=O) groups excluding carboxylic acids is 1. The van der Waals surface area contributed by atoms with Gasteiger partial charge in [-0.15, -0.1) is 0 Å². The van der Waals surface area contributed by atoms with E-state index in [2.05, 4.69) is 15.5 Å². The van der Waals surface area contributed by atoms with Gasteiger partial charge in [0.2, 0.25) is 0 Å². The third-order valence-corrected chi connectivity index (χ3v) is 4.47. The second kappa shape index (κ2) is 6.29. The summed E-state index contributed by atoms with van der Waals surface area (Å²) in [6, 6.07) is 0. The van der Waals surface area contributed by atoms with Crippen LogP contribution in [0.3, 0.4) is 0 Å². The highest BCUT2D eigenvalue weighted by Gasteiger charge is 2.19. The molecule has 1 amide bonds. The van der Waals surface area contributed by atoms with Crippen LogP contribution < -0.4 is 5.32 Å². The summed E-state index contributed by atoms with van der Waals surface area (Å²) in [5, 5.41) is 10.1. The predicted molar refractivity (Wildman–Crippen MR) is 75.4 cm³/mol. The molecule has 1 aromatic heterocycles. The van der Waals surface area contributed by atoms with Crippen molar-refractivity contribution in [3.8, 4) is 0 Å². The minimum absolute atomic E-state index is 0.315. The molecule has 20 heavy (non-hydrogen) atoms. The van der Waals surface area contributed by atoms with Gasteiger partial charge in [0.05, 0.1) is 18.8 Å². The Morgan fingerprint density at radius 1 is 1.25 bits per heavy atom. The number of alkyl carbamates (subject to hydrolysis) is 1. The molecule has 0 bridgehead atoms. The van der Waals surface area contributed by atoms with Gasteiger partial charge in [0.1, 0.15) is 0 Å². The summed E-state index contributed by atoms with van der Waals surface area (Å²) < 4.78 is 5.31. The van der Waals surface area contributed by atoms with Crippen molar-refractivity contribution in [2.75, 3.05) is 6.61 Å². The molecule has 5 heteroatoms. The zero-order valence-electron chi connectivity index (χ0n) is 11.9. The molecular weight excluding hydrogens is 254 g/mol. The molecule has 5 nitrogen and oxygen atoms in total. The summed E-state index contributed by atoms with van der Waals surface area (Å²) in [5.74, 6) is 0.559. The summed E-state index contributed by atoms with van der Waals surface area (Å²) in [7, 11) is 0. The van der Waals surface area contributed by atoms with E-state index in [4.69, 9.17) is 4.74 Å². The van der Waals surface area contributed by atoms with Crippen LogP contribution in [0.15, 0.2) is 0 Å². The second-order valence-electron chi connectivity index (χ2n) is 5.94. The van der Waals surface area contributed by atoms with Crippen molar-refractivity contribution in [3.05, 3.63) is 17.0 Å². The Kier molecular flexibility index (Phi) is 4.23. The molecule has 1 saturated carbocycles. The number of fused-ring (bicyclic) bond motifs is 1. The van der Waals surface area contributed by atoms with E-state index in [0.717, 1.165) is 18.5 Å². The quantitative estimate of drug-likeness (QED) is 0.889. The van der Waals surface area contributed by atoms with E-state index in [1.165, 1.54) is 49.8 Å². The van der Waals surface area contributed by atoms with Crippen LogP contribution >= 0.6 is 0 Å². The summed E-state index contributed by atoms with van der Waals surface area (Å²) in [5.41, 5.74) is 3.49. The van der Waals surface area contributed by atoms with Gasteiger partial charge in [-0.3, -0.25) is 5.10 Å². The van der Waals surface area contributed by atoms with Crippen molar-refractivity contribution in [1.29, 1.82) is 0 Å². The lowest BCUT2D eigenvalue weighted by Crippen LogP contribution is -2.27. The molecule has 0 saturated heterocycles. The third-order valence-electron chi connectivity index (χ3n) is 4.47. The first kappa shape index (κ1) is 13.5. The van der Waals surface area contributed by atoms with Crippen molar-refractivity contribution in [1.82, 2.24) is 15.5 Å². The molecular formula is C15H23N3O2. The number of nitrogens with one attached hydrogen (secondary N) is 2. The van der Waals surface area contributed by atoms with E-state index in [1.54, 1.807) is 0 Å². The standard InChI is InChI=1S/C15H23N3O2/c19-15(20-10-11-5-2-1-3-6-11)16-9-14-12-7-4-8-13(12)17-18-14/h11H,1-10H2,(H,16,19)(H,17,18). The number of hydrogen-bond donors (Lipinski definition) is 2. The Labute approximate surface area is 119 Å². The van der Waals surface area contributed by atoms with Crippen molar-refractivity contribution in [2.45, 2.75) is 57.9 Å². The molecule has 2 aliphatic rings. The Morgan fingerprint density at radius 2 is 2.10 bits per heavy atom. The number of carbonyl (C=O) groups is 1. The molecule has 1 aromatic rings. The number of rotatable bonds is 4. The van der Waals surface area contributed by atoms with Gasteiger partial charge in [0, 0.05) is 5.69 Å². The topological polar surface area (TPSA) is 67.0 Å². The second-order valence-corrected chi connectivity index (χ2v) is 5.94. The lowest BCUT2D eigenvalue weighted by molar-refractivity contribution is 0.115. The summed E-state index contributed by atoms with van der Waals surface area (Å²) in [6.45, 7) is 1.03. The van der Waals surface area contributed by atoms with Crippen LogP contribution in [0.2, 0.25) is 0 Å². The largest absolute Gasteiger partial charge is 0.449 e. The maximum atomic E-state index is 11.7. The average molecular weight is 277 g/mol. The van der Waals surface area contributed by atoms with E-state index in [1.807, 2.05) is 0 Å². The highest BCUT2D eigenvalue weighted by atomic mass is 16.5. The Morgan fingerprint density at radius 3 is 2.95 bits per heavy atom. The highest BCUT2D eigenvalue weighted by molar-refractivity contribution is 5.67. The molecule has 110 valence electrons. The third kappa shape index (κ3) is 3.14. The fourth-order valence-corrected chi connectivity index (χ4v) is 3.29. The SMILES string of the molecule is O=C(NCc1n[nH]c2c1CCC2)OCC1CCCCC1. The van der Waals surface area contributed by atoms with Crippen LogP contribution in [0.5, 0.6) is 0 Å². The lowest BCUT2D eigenvalue weighted by atomic mass is 9.90. The Bertz CT molecular complexity index is 464. The van der Waals surface area contributed by atoms with Crippen LogP contribution in [0.25, 0.3) is 0 Å². The summed E-state index contributed by atoms with van der Waals surface area (Å²) in [6.07, 6.45) is 9.28. The molecule has 2 aliphatic carbocycles. The van der Waals surface area contributed by atoms with Crippen LogP contribution in [-0.4, -0.2) is 22.9 Å². The van der Waals surface area contributed by atoms with E-state index in [9.17, 15) is 4.79 Å². The van der Waals surface area contributed by atoms with E-state index >= 15 is 0 Å². The van der Waals surface area contributed by atoms with Gasteiger partial charge >= 0.3 is 6.09 Å². The van der Waals surface area contributed by atoms with E-state index in [-0.39, 0.29) is 6.09 Å². The van der Waals surface area contributed by atoms with Gasteiger partial charge in [0.15, 0.2) is 0 Å². The summed E-state index contributed by atoms with van der Waals surface area (Å²) >= 11 is 0. The zero-order chi connectivity index (χ0) is 13.8. The monoisotopic (exact) mass is 277 g/mol. The Hall–Kier alpha value is -1.52. The molecule has 1 heterocycles. The zero-order valence-corrected chi connectivity index (χ0v) is 11.9. The van der Waals surface area contributed by atoms with Gasteiger partial charge in [-0.2, -0.15) is 5.10 Å². The fraction of sp³-hybridized carbons (Fsp3) is 0.733. The van der Waals surface area contributed by atoms with Crippen LogP contribution in [0.1, 0.15) is 55.5 Å². The lowest BCUT2D eigenvalue weighted by Gasteiger charge is -2.21. The molecule has 3 rings (SSSR count). The Balaban J connectivity index is 1.40. The molecule has 0 unspecified atom stereocenters. The number of H-pyrrole nitrogens is 1. The molecule has 1 fully saturated rings. The van der Waals surface area contributed by atoms with Crippen LogP contribution in [0.4, 0.5) is 4.79 Å². The van der Waals surface area contributed by atoms with Gasteiger partial charge in [-0.1, -0.05) is 19.3 Å². The maximum Gasteiger partial charge on any atom is 0.407 e. The van der Waals surface area contributed by atoms with Crippen molar-refractivity contribution in [2.24, 2.45) is 5.92 Å². The van der Waals surface area contributed by atoms with Crippen LogP contribution in [-0.2, 0) is 24.1 Å². The minimum Gasteiger partial charge on any atom is -0.449 e. The average Bonchev–Trinajstić information content (AvgIpc) is 3.07. The van der Waals surface area contributed by atoms with Gasteiger partial charge < -0.3 is 10.1 Å². The van der Waals surface area contributed by atoms with Gasteiger partial charge in [0.25, 0.3) is 0 Å². The molecule has 0 atom stereocenters. The molecule has 0 radical (unpaired) electrons. The number of nitrogens with zero attached hydrogens (tertiary/aromatic N) is 1. The van der Waals surface area contributed by atoms with Crippen molar-refractivity contribution < 1.29 is 9.53 Å². The van der Waals surface area contributed by atoms with E-state index in [0.29, 0.717) is 19.1 Å². The number of aromatic nitrogens is 2. The smallest absolute Gasteiger partial charge is 0.407 e. The van der Waals surface area contributed by atoms with Gasteiger partial charge in [-0.05, 0) is 43.6 Å². The first-order chi connectivity index (χ1) is 9.83. The highest BCUT2D eigenvalue weighted by Crippen LogP contribution is 2.24. The summed E-state index contributed by atoms with van der Waals surface area (Å²) in [4.78, 5) is 11.7. The molecule has 2 N–H and O–H groups in total. The molecule has 0 aromatic carbocycles. The van der Waals surface area contributed by atoms with Crippen molar-refractivity contribution >= 4 is 6.09 Å². The van der Waals surface area contributed by atoms with Crippen molar-refractivity contribution in [3.63, 3.8) is 0 Å².